The van der Waals surface area contributed by atoms with Gasteiger partial charge in [0.15, 0.2) is 11.4 Å². The van der Waals surface area contributed by atoms with Gasteiger partial charge in [-0.15, -0.1) is 0 Å². The van der Waals surface area contributed by atoms with Crippen LogP contribution in [0.25, 0.3) is 0 Å². The van der Waals surface area contributed by atoms with E-state index in [0.717, 1.165) is 5.56 Å². The summed E-state index contributed by atoms with van der Waals surface area (Å²) in [6.07, 6.45) is 1.47. The molecule has 106 valence electrons. The first kappa shape index (κ1) is 14.6. The second-order valence-corrected chi connectivity index (χ2v) is 4.62. The molecule has 1 heterocycles. The second kappa shape index (κ2) is 6.08. The van der Waals surface area contributed by atoms with E-state index >= 15 is 0 Å². The average molecular weight is 281 g/mol. The molecule has 2 rings (SSSR count). The fraction of sp³-hybridized carbons (Fsp3) is 0.267. The quantitative estimate of drug-likeness (QED) is 0.916. The first-order valence-electron chi connectivity index (χ1n) is 6.39. The Bertz CT molecular complexity index is 720. The smallest absolute Gasteiger partial charge is 0.176 e. The third-order valence-corrected chi connectivity index (χ3v) is 3.26. The van der Waals surface area contributed by atoms with E-state index in [1.54, 1.807) is 11.7 Å². The Labute approximate surface area is 123 Å². The molecule has 0 radical (unpaired) electrons. The highest BCUT2D eigenvalue weighted by atomic mass is 16.5. The van der Waals surface area contributed by atoms with Crippen molar-refractivity contribution in [1.29, 1.82) is 10.5 Å². The van der Waals surface area contributed by atoms with Gasteiger partial charge < -0.3 is 15.0 Å². The van der Waals surface area contributed by atoms with Crippen molar-refractivity contribution < 1.29 is 4.74 Å². The zero-order valence-corrected chi connectivity index (χ0v) is 11.8. The largest absolute Gasteiger partial charge is 0.496 e. The molecule has 0 saturated carbocycles. The van der Waals surface area contributed by atoms with Gasteiger partial charge in [-0.2, -0.15) is 10.5 Å². The van der Waals surface area contributed by atoms with Crippen LogP contribution >= 0.6 is 0 Å². The molecule has 0 aliphatic heterocycles. The zero-order valence-electron chi connectivity index (χ0n) is 11.8. The van der Waals surface area contributed by atoms with Gasteiger partial charge in [0.2, 0.25) is 0 Å². The maximum Gasteiger partial charge on any atom is 0.176 e. The molecule has 0 spiro atoms. The molecule has 2 aromatic rings. The van der Waals surface area contributed by atoms with Crippen molar-refractivity contribution in [2.75, 3.05) is 7.11 Å². The fourth-order valence-electron chi connectivity index (χ4n) is 2.36. The summed E-state index contributed by atoms with van der Waals surface area (Å²) in [5.74, 6) is 0.677. The Morgan fingerprint density at radius 3 is 2.57 bits per heavy atom. The molecule has 1 aromatic heterocycles. The predicted molar refractivity (Wildman–Crippen MR) is 76.4 cm³/mol. The normalized spacial score (nSPS) is 13.0. The molecule has 6 nitrogen and oxygen atoms in total. The van der Waals surface area contributed by atoms with E-state index in [2.05, 4.69) is 4.98 Å². The number of nitrogens with two attached hydrogens (primary N) is 1. The van der Waals surface area contributed by atoms with Crippen LogP contribution in [0.2, 0.25) is 0 Å². The van der Waals surface area contributed by atoms with Gasteiger partial charge in [0.25, 0.3) is 0 Å². The van der Waals surface area contributed by atoms with Crippen molar-refractivity contribution in [3.8, 4) is 17.9 Å². The van der Waals surface area contributed by atoms with Gasteiger partial charge in [0.1, 0.15) is 17.9 Å². The van der Waals surface area contributed by atoms with E-state index in [1.165, 1.54) is 6.33 Å². The van der Waals surface area contributed by atoms with E-state index in [1.807, 2.05) is 43.3 Å². The Balaban J connectivity index is 2.64. The SMILES string of the molecule is COc1ccccc1C(C(C)N)n1cnc(C#N)c1C#N. The van der Waals surface area contributed by atoms with E-state index in [0.29, 0.717) is 5.75 Å². The highest BCUT2D eigenvalue weighted by Crippen LogP contribution is 2.31. The molecule has 2 N–H and O–H groups in total. The van der Waals surface area contributed by atoms with Gasteiger partial charge >= 0.3 is 0 Å². The summed E-state index contributed by atoms with van der Waals surface area (Å²) in [5.41, 5.74) is 7.24. The van der Waals surface area contributed by atoms with Gasteiger partial charge in [-0.05, 0) is 13.0 Å². The van der Waals surface area contributed by atoms with Crippen molar-refractivity contribution >= 4 is 0 Å². The van der Waals surface area contributed by atoms with E-state index in [9.17, 15) is 5.26 Å². The van der Waals surface area contributed by atoms with Crippen LogP contribution in [0.4, 0.5) is 0 Å². The van der Waals surface area contributed by atoms with Crippen LogP contribution in [0, 0.1) is 22.7 Å². The van der Waals surface area contributed by atoms with Crippen molar-refractivity contribution in [3.63, 3.8) is 0 Å². The Kier molecular flexibility index (Phi) is 4.22. The summed E-state index contributed by atoms with van der Waals surface area (Å²) >= 11 is 0. The van der Waals surface area contributed by atoms with Crippen molar-refractivity contribution in [3.05, 3.63) is 47.5 Å². The van der Waals surface area contributed by atoms with Crippen LogP contribution < -0.4 is 10.5 Å². The summed E-state index contributed by atoms with van der Waals surface area (Å²) in [5, 5.41) is 18.3. The van der Waals surface area contributed by atoms with E-state index in [4.69, 9.17) is 15.7 Å². The van der Waals surface area contributed by atoms with Gasteiger partial charge in [0.05, 0.1) is 19.5 Å². The highest BCUT2D eigenvalue weighted by Gasteiger charge is 2.25. The Hall–Kier alpha value is -2.83. The van der Waals surface area contributed by atoms with E-state index in [-0.39, 0.29) is 23.5 Å². The Morgan fingerprint density at radius 1 is 1.29 bits per heavy atom. The Morgan fingerprint density at radius 2 is 2.00 bits per heavy atom. The molecule has 0 saturated heterocycles. The summed E-state index contributed by atoms with van der Waals surface area (Å²) in [7, 11) is 1.58. The minimum atomic E-state index is -0.342. The van der Waals surface area contributed by atoms with Crippen molar-refractivity contribution in [2.24, 2.45) is 5.73 Å². The molecule has 1 aromatic carbocycles. The topological polar surface area (TPSA) is 101 Å². The third-order valence-electron chi connectivity index (χ3n) is 3.26. The number of methoxy groups -OCH3 is 1. The molecular formula is C15H15N5O. The number of aromatic nitrogens is 2. The first-order valence-corrected chi connectivity index (χ1v) is 6.39. The molecule has 2 unspecified atom stereocenters. The fourth-order valence-corrected chi connectivity index (χ4v) is 2.36. The maximum atomic E-state index is 9.29. The summed E-state index contributed by atoms with van der Waals surface area (Å²) in [6.45, 7) is 1.84. The van der Waals surface area contributed by atoms with Crippen LogP contribution in [0.3, 0.4) is 0 Å². The standard InChI is InChI=1S/C15H15N5O/c1-10(18)15(11-5-3-4-6-14(11)21-2)20-9-19-12(7-16)13(20)8-17/h3-6,9-10,15H,18H2,1-2H3. The summed E-state index contributed by atoms with van der Waals surface area (Å²) in [4.78, 5) is 3.97. The predicted octanol–water partition coefficient (Wildman–Crippen LogP) is 1.57. The number of ether oxygens (including phenoxy) is 1. The number of hydrogen-bond acceptors (Lipinski definition) is 5. The average Bonchev–Trinajstić information content (AvgIpc) is 2.90. The van der Waals surface area contributed by atoms with Crippen LogP contribution in [0.15, 0.2) is 30.6 Å². The maximum absolute atomic E-state index is 9.29. The molecule has 2 atom stereocenters. The van der Waals surface area contributed by atoms with Crippen LogP contribution in [0.1, 0.15) is 29.9 Å². The number of rotatable bonds is 4. The lowest BCUT2D eigenvalue weighted by Gasteiger charge is -2.25. The number of hydrogen-bond donors (Lipinski definition) is 1. The monoisotopic (exact) mass is 281 g/mol. The number of imidazole rings is 1. The molecule has 0 bridgehead atoms. The molecule has 6 heteroatoms. The molecular weight excluding hydrogens is 266 g/mol. The minimum absolute atomic E-state index is 0.0954. The number of benzene rings is 1. The van der Waals surface area contributed by atoms with Crippen molar-refractivity contribution in [1.82, 2.24) is 9.55 Å². The lowest BCUT2D eigenvalue weighted by molar-refractivity contribution is 0.392. The van der Waals surface area contributed by atoms with Gasteiger partial charge in [-0.1, -0.05) is 18.2 Å². The minimum Gasteiger partial charge on any atom is -0.496 e. The van der Waals surface area contributed by atoms with Crippen LogP contribution in [-0.4, -0.2) is 22.7 Å². The molecule has 0 aliphatic rings. The number of nitriles is 2. The first-order chi connectivity index (χ1) is 10.1. The number of nitrogens with zero attached hydrogens (tertiary/aromatic N) is 4. The lowest BCUT2D eigenvalue weighted by atomic mass is 9.99. The molecule has 0 aliphatic carbocycles. The van der Waals surface area contributed by atoms with Crippen LogP contribution in [-0.2, 0) is 0 Å². The molecule has 21 heavy (non-hydrogen) atoms. The van der Waals surface area contributed by atoms with Gasteiger partial charge in [0, 0.05) is 11.6 Å². The van der Waals surface area contributed by atoms with Crippen molar-refractivity contribution in [2.45, 2.75) is 19.0 Å². The molecule has 0 fully saturated rings. The lowest BCUT2D eigenvalue weighted by Crippen LogP contribution is -2.31. The van der Waals surface area contributed by atoms with Crippen LogP contribution in [0.5, 0.6) is 5.75 Å². The van der Waals surface area contributed by atoms with Gasteiger partial charge in [-0.25, -0.2) is 4.98 Å². The molecule has 0 amide bonds. The number of para-hydroxylation sites is 1. The van der Waals surface area contributed by atoms with Gasteiger partial charge in [-0.3, -0.25) is 0 Å². The zero-order chi connectivity index (χ0) is 15.4. The third kappa shape index (κ3) is 2.58. The highest BCUT2D eigenvalue weighted by molar-refractivity contribution is 5.41. The summed E-state index contributed by atoms with van der Waals surface area (Å²) in [6, 6.07) is 10.8. The summed E-state index contributed by atoms with van der Waals surface area (Å²) < 4.78 is 6.99. The van der Waals surface area contributed by atoms with E-state index < -0.39 is 0 Å². The second-order valence-electron chi connectivity index (χ2n) is 4.62.